The van der Waals surface area contributed by atoms with Gasteiger partial charge in [-0.1, -0.05) is 30.4 Å². The van der Waals surface area contributed by atoms with Crippen molar-refractivity contribution in [2.75, 3.05) is 13.7 Å². The van der Waals surface area contributed by atoms with E-state index in [2.05, 4.69) is 0 Å². The molecule has 0 aromatic heterocycles. The third kappa shape index (κ3) is 3.81. The van der Waals surface area contributed by atoms with Crippen LogP contribution in [0.2, 0.25) is 0 Å². The summed E-state index contributed by atoms with van der Waals surface area (Å²) < 4.78 is 15.4. The van der Waals surface area contributed by atoms with Crippen LogP contribution in [-0.2, 0) is 19.0 Å². The summed E-state index contributed by atoms with van der Waals surface area (Å²) in [5.41, 5.74) is -1.61. The molecule has 7 heteroatoms. The van der Waals surface area contributed by atoms with Crippen LogP contribution in [0.4, 0.5) is 0 Å². The van der Waals surface area contributed by atoms with Gasteiger partial charge in [-0.05, 0) is 12.1 Å². The quantitative estimate of drug-likeness (QED) is 0.594. The van der Waals surface area contributed by atoms with Crippen molar-refractivity contribution in [1.82, 2.24) is 0 Å². The Morgan fingerprint density at radius 3 is 2.46 bits per heavy atom. The zero-order chi connectivity index (χ0) is 17.7. The van der Waals surface area contributed by atoms with Crippen LogP contribution >= 0.6 is 0 Å². The van der Waals surface area contributed by atoms with Gasteiger partial charge in [-0.15, -0.1) is 0 Å². The number of esters is 2. The second-order valence-electron chi connectivity index (χ2n) is 5.50. The minimum Gasteiger partial charge on any atom is -0.459 e. The van der Waals surface area contributed by atoms with Crippen LogP contribution in [0.3, 0.4) is 0 Å². The molecule has 0 unspecified atom stereocenters. The number of rotatable bonds is 5. The van der Waals surface area contributed by atoms with E-state index in [1.54, 1.807) is 30.3 Å². The molecule has 2 N–H and O–H groups in total. The molecule has 1 aliphatic rings. The lowest BCUT2D eigenvalue weighted by Crippen LogP contribution is -2.62. The second kappa shape index (κ2) is 7.57. The Balaban J connectivity index is 2.19. The number of methoxy groups -OCH3 is 1. The molecule has 1 aliphatic carbocycles. The molecule has 0 spiro atoms. The van der Waals surface area contributed by atoms with Gasteiger partial charge in [-0.2, -0.15) is 0 Å². The Labute approximate surface area is 139 Å². The van der Waals surface area contributed by atoms with Gasteiger partial charge in [0.2, 0.25) is 0 Å². The molecule has 1 aromatic carbocycles. The molecule has 0 saturated heterocycles. The van der Waals surface area contributed by atoms with Gasteiger partial charge in [0, 0.05) is 14.0 Å². The number of carbonyl (C=O) groups is 2. The van der Waals surface area contributed by atoms with Gasteiger partial charge >= 0.3 is 11.9 Å². The summed E-state index contributed by atoms with van der Waals surface area (Å²) in [6.07, 6.45) is -0.709. The molecular formula is C17H20O7. The topological polar surface area (TPSA) is 102 Å². The number of hydrogen-bond acceptors (Lipinski definition) is 7. The summed E-state index contributed by atoms with van der Waals surface area (Å²) in [6, 6.07) is 8.25. The fourth-order valence-electron chi connectivity index (χ4n) is 2.58. The van der Waals surface area contributed by atoms with E-state index in [0.29, 0.717) is 5.56 Å². The van der Waals surface area contributed by atoms with E-state index in [9.17, 15) is 19.8 Å². The first-order valence-electron chi connectivity index (χ1n) is 7.39. The van der Waals surface area contributed by atoms with Gasteiger partial charge in [0.05, 0.1) is 5.56 Å². The summed E-state index contributed by atoms with van der Waals surface area (Å²) in [4.78, 5) is 23.4. The number of benzene rings is 1. The molecule has 130 valence electrons. The standard InChI is InChI=1S/C17H20O7/c1-11(18)24-15-13(19)8-9-14(22-2)17(15,21)10-23-16(20)12-6-4-3-5-7-12/h3-9,13-15,19,21H,10H2,1-2H3/t13-,14-,15+,17-/m0/s1. The average molecular weight is 336 g/mol. The third-order valence-corrected chi connectivity index (χ3v) is 3.77. The first-order chi connectivity index (χ1) is 11.4. The highest BCUT2D eigenvalue weighted by atomic mass is 16.6. The van der Waals surface area contributed by atoms with Crippen LogP contribution in [0.5, 0.6) is 0 Å². The van der Waals surface area contributed by atoms with Crippen molar-refractivity contribution in [2.24, 2.45) is 0 Å². The highest BCUT2D eigenvalue weighted by Gasteiger charge is 2.52. The lowest BCUT2D eigenvalue weighted by atomic mass is 9.82. The molecule has 0 radical (unpaired) electrons. The van der Waals surface area contributed by atoms with Crippen LogP contribution in [-0.4, -0.2) is 59.8 Å². The number of ether oxygens (including phenoxy) is 3. The van der Waals surface area contributed by atoms with Crippen molar-refractivity contribution in [2.45, 2.75) is 30.8 Å². The zero-order valence-corrected chi connectivity index (χ0v) is 13.4. The maximum absolute atomic E-state index is 12.1. The van der Waals surface area contributed by atoms with Crippen molar-refractivity contribution in [3.05, 3.63) is 48.0 Å². The predicted octanol–water partition coefficient (Wildman–Crippen LogP) is 0.452. The normalized spacial score (nSPS) is 29.1. The number of carbonyl (C=O) groups excluding carboxylic acids is 2. The minimum absolute atomic E-state index is 0.311. The van der Waals surface area contributed by atoms with E-state index in [1.807, 2.05) is 0 Å². The Bertz CT molecular complexity index is 613. The highest BCUT2D eigenvalue weighted by Crippen LogP contribution is 2.30. The first kappa shape index (κ1) is 18.1. The van der Waals surface area contributed by atoms with Gasteiger partial charge in [0.25, 0.3) is 0 Å². The molecule has 0 amide bonds. The first-order valence-corrected chi connectivity index (χ1v) is 7.39. The third-order valence-electron chi connectivity index (χ3n) is 3.77. The molecule has 24 heavy (non-hydrogen) atoms. The van der Waals surface area contributed by atoms with Crippen molar-refractivity contribution in [1.29, 1.82) is 0 Å². The number of hydrogen-bond donors (Lipinski definition) is 2. The summed E-state index contributed by atoms with van der Waals surface area (Å²) in [5.74, 6) is -1.33. The molecule has 0 heterocycles. The lowest BCUT2D eigenvalue weighted by Gasteiger charge is -2.42. The Hall–Kier alpha value is -2.22. The molecule has 7 nitrogen and oxygen atoms in total. The smallest absolute Gasteiger partial charge is 0.338 e. The fourth-order valence-corrected chi connectivity index (χ4v) is 2.58. The lowest BCUT2D eigenvalue weighted by molar-refractivity contribution is -0.208. The molecule has 0 aliphatic heterocycles. The predicted molar refractivity (Wildman–Crippen MR) is 83.2 cm³/mol. The number of aliphatic hydroxyl groups is 2. The summed E-state index contributed by atoms with van der Waals surface area (Å²) >= 11 is 0. The van der Waals surface area contributed by atoms with E-state index >= 15 is 0 Å². The fraction of sp³-hybridized carbons (Fsp3) is 0.412. The summed E-state index contributed by atoms with van der Waals surface area (Å²) in [6.45, 7) is 0.641. The van der Waals surface area contributed by atoms with Gasteiger partial charge < -0.3 is 24.4 Å². The molecule has 0 bridgehead atoms. The number of aliphatic hydroxyl groups excluding tert-OH is 1. The molecule has 0 saturated carbocycles. The van der Waals surface area contributed by atoms with Gasteiger partial charge in [-0.25, -0.2) is 4.79 Å². The van der Waals surface area contributed by atoms with Crippen LogP contribution in [0.25, 0.3) is 0 Å². The maximum Gasteiger partial charge on any atom is 0.338 e. The van der Waals surface area contributed by atoms with Crippen molar-refractivity contribution in [3.8, 4) is 0 Å². The highest BCUT2D eigenvalue weighted by molar-refractivity contribution is 5.89. The largest absolute Gasteiger partial charge is 0.459 e. The van der Waals surface area contributed by atoms with Gasteiger partial charge in [-0.3, -0.25) is 4.79 Å². The maximum atomic E-state index is 12.1. The van der Waals surface area contributed by atoms with Gasteiger partial charge in [0.1, 0.15) is 18.8 Å². The van der Waals surface area contributed by atoms with E-state index in [4.69, 9.17) is 14.2 Å². The Morgan fingerprint density at radius 2 is 1.88 bits per heavy atom. The van der Waals surface area contributed by atoms with E-state index < -0.39 is 42.5 Å². The van der Waals surface area contributed by atoms with Crippen LogP contribution in [0.15, 0.2) is 42.5 Å². The van der Waals surface area contributed by atoms with E-state index in [0.717, 1.165) is 6.92 Å². The van der Waals surface area contributed by atoms with E-state index in [1.165, 1.54) is 19.3 Å². The molecular weight excluding hydrogens is 316 g/mol. The van der Waals surface area contributed by atoms with Crippen LogP contribution < -0.4 is 0 Å². The SMILES string of the molecule is CO[C@H]1C=C[C@H](O)[C@@H](OC(C)=O)[C@]1(O)COC(=O)c1ccccc1. The van der Waals surface area contributed by atoms with Gasteiger partial charge in [0.15, 0.2) is 11.7 Å². The second-order valence-corrected chi connectivity index (χ2v) is 5.50. The Morgan fingerprint density at radius 1 is 1.21 bits per heavy atom. The molecule has 0 fully saturated rings. The minimum atomic E-state index is -1.92. The average Bonchev–Trinajstić information content (AvgIpc) is 2.57. The van der Waals surface area contributed by atoms with Crippen molar-refractivity contribution >= 4 is 11.9 Å². The molecule has 2 rings (SSSR count). The Kier molecular flexibility index (Phi) is 5.71. The van der Waals surface area contributed by atoms with Crippen LogP contribution in [0, 0.1) is 0 Å². The molecule has 4 atom stereocenters. The van der Waals surface area contributed by atoms with E-state index in [-0.39, 0.29) is 0 Å². The van der Waals surface area contributed by atoms with Crippen molar-refractivity contribution in [3.63, 3.8) is 0 Å². The zero-order valence-electron chi connectivity index (χ0n) is 13.4. The van der Waals surface area contributed by atoms with Crippen LogP contribution in [0.1, 0.15) is 17.3 Å². The van der Waals surface area contributed by atoms with Crippen molar-refractivity contribution < 1.29 is 34.0 Å². The summed E-state index contributed by atoms with van der Waals surface area (Å²) in [7, 11) is 1.35. The summed E-state index contributed by atoms with van der Waals surface area (Å²) in [5, 5.41) is 20.9. The molecule has 1 aromatic rings. The monoisotopic (exact) mass is 336 g/mol.